The smallest absolute Gasteiger partial charge is 0.406 e. The van der Waals surface area contributed by atoms with Gasteiger partial charge >= 0.3 is 6.18 Å². The van der Waals surface area contributed by atoms with Crippen LogP contribution < -0.4 is 5.32 Å². The minimum absolute atomic E-state index is 0.158. The van der Waals surface area contributed by atoms with Gasteiger partial charge in [-0.05, 0) is 38.1 Å². The summed E-state index contributed by atoms with van der Waals surface area (Å²) in [4.78, 5) is 13.4. The largest absolute Gasteiger partial charge is 0.467 e. The Morgan fingerprint density at radius 2 is 2.10 bits per heavy atom. The summed E-state index contributed by atoms with van der Waals surface area (Å²) in [5, 5.41) is 3.12. The maximum Gasteiger partial charge on any atom is 0.406 e. The molecule has 1 aromatic heterocycles. The first-order valence-corrected chi connectivity index (χ1v) is 6.89. The van der Waals surface area contributed by atoms with Crippen LogP contribution in [0.3, 0.4) is 0 Å². The molecule has 1 fully saturated rings. The van der Waals surface area contributed by atoms with Crippen LogP contribution in [-0.2, 0) is 11.3 Å². The van der Waals surface area contributed by atoms with E-state index in [1.807, 2.05) is 0 Å². The van der Waals surface area contributed by atoms with Crippen molar-refractivity contribution in [3.63, 3.8) is 0 Å². The maximum atomic E-state index is 12.7. The standard InChI is InChI=1S/C14H19F3N2O2/c1-13(4-6-18-7-5-13)12(20)19(10-14(15,16)17)9-11-3-2-8-21-11/h2-3,8,18H,4-7,9-10H2,1H3. The van der Waals surface area contributed by atoms with Crippen LogP contribution in [0, 0.1) is 5.41 Å². The summed E-state index contributed by atoms with van der Waals surface area (Å²) in [6, 6.07) is 3.17. The van der Waals surface area contributed by atoms with E-state index < -0.39 is 24.0 Å². The Balaban J connectivity index is 2.15. The third-order valence-electron chi connectivity index (χ3n) is 3.81. The summed E-state index contributed by atoms with van der Waals surface area (Å²) in [6.45, 7) is 1.61. The molecule has 1 aliphatic heterocycles. The molecule has 0 atom stereocenters. The molecule has 1 amide bonds. The van der Waals surface area contributed by atoms with Gasteiger partial charge in [0.1, 0.15) is 12.3 Å². The second-order valence-corrected chi connectivity index (χ2v) is 5.67. The number of nitrogens with one attached hydrogen (secondary N) is 1. The lowest BCUT2D eigenvalue weighted by Crippen LogP contribution is -2.49. The Kier molecular flexibility index (Phi) is 4.61. The third-order valence-corrected chi connectivity index (χ3v) is 3.81. The molecule has 1 aromatic rings. The van der Waals surface area contributed by atoms with Crippen LogP contribution in [0.25, 0.3) is 0 Å². The van der Waals surface area contributed by atoms with E-state index in [4.69, 9.17) is 4.42 Å². The summed E-state index contributed by atoms with van der Waals surface area (Å²) in [6.07, 6.45) is -1.96. The van der Waals surface area contributed by atoms with Gasteiger partial charge in [-0.3, -0.25) is 4.79 Å². The van der Waals surface area contributed by atoms with Crippen molar-refractivity contribution >= 4 is 5.91 Å². The molecule has 0 radical (unpaired) electrons. The number of piperidine rings is 1. The van der Waals surface area contributed by atoms with Crippen LogP contribution in [-0.4, -0.2) is 36.6 Å². The van der Waals surface area contributed by atoms with Crippen LogP contribution in [0.5, 0.6) is 0 Å². The summed E-state index contributed by atoms with van der Waals surface area (Å²) < 4.78 is 43.3. The van der Waals surface area contributed by atoms with E-state index in [1.165, 1.54) is 6.26 Å². The number of nitrogens with zero attached hydrogens (tertiary/aromatic N) is 1. The predicted octanol–water partition coefficient (Wildman–Crippen LogP) is 2.56. The SMILES string of the molecule is CC1(C(=O)N(Cc2ccco2)CC(F)(F)F)CCNCC1. The highest BCUT2D eigenvalue weighted by molar-refractivity contribution is 5.82. The number of halogens is 3. The Labute approximate surface area is 121 Å². The average Bonchev–Trinajstić information content (AvgIpc) is 2.89. The van der Waals surface area contributed by atoms with Crippen molar-refractivity contribution in [3.8, 4) is 0 Å². The fourth-order valence-electron chi connectivity index (χ4n) is 2.58. The van der Waals surface area contributed by atoms with Gasteiger partial charge in [0.25, 0.3) is 0 Å². The van der Waals surface area contributed by atoms with E-state index in [-0.39, 0.29) is 6.54 Å². The fourth-order valence-corrected chi connectivity index (χ4v) is 2.58. The quantitative estimate of drug-likeness (QED) is 0.930. The van der Waals surface area contributed by atoms with E-state index in [0.717, 1.165) is 4.90 Å². The van der Waals surface area contributed by atoms with Gasteiger partial charge in [-0.1, -0.05) is 6.92 Å². The molecule has 118 valence electrons. The monoisotopic (exact) mass is 304 g/mol. The topological polar surface area (TPSA) is 45.5 Å². The average molecular weight is 304 g/mol. The number of hydrogen-bond donors (Lipinski definition) is 1. The lowest BCUT2D eigenvalue weighted by Gasteiger charge is -2.37. The highest BCUT2D eigenvalue weighted by Gasteiger charge is 2.41. The molecule has 7 heteroatoms. The molecule has 1 N–H and O–H groups in total. The number of carbonyl (C=O) groups excluding carboxylic acids is 1. The van der Waals surface area contributed by atoms with Crippen LogP contribution in [0.1, 0.15) is 25.5 Å². The van der Waals surface area contributed by atoms with E-state index in [0.29, 0.717) is 31.7 Å². The van der Waals surface area contributed by atoms with Gasteiger partial charge in [0.05, 0.1) is 12.8 Å². The van der Waals surface area contributed by atoms with Gasteiger partial charge in [0.15, 0.2) is 0 Å². The van der Waals surface area contributed by atoms with Gasteiger partial charge < -0.3 is 14.6 Å². The minimum Gasteiger partial charge on any atom is -0.467 e. The first-order valence-electron chi connectivity index (χ1n) is 6.89. The minimum atomic E-state index is -4.43. The Hall–Kier alpha value is -1.50. The van der Waals surface area contributed by atoms with Crippen LogP contribution in [0.2, 0.25) is 0 Å². The summed E-state index contributed by atoms with van der Waals surface area (Å²) in [5.74, 6) is -0.108. The van der Waals surface area contributed by atoms with Gasteiger partial charge in [-0.2, -0.15) is 13.2 Å². The first kappa shape index (κ1) is 15.9. The Morgan fingerprint density at radius 3 is 2.62 bits per heavy atom. The van der Waals surface area contributed by atoms with Crippen molar-refractivity contribution < 1.29 is 22.4 Å². The van der Waals surface area contributed by atoms with Crippen molar-refractivity contribution in [1.82, 2.24) is 10.2 Å². The van der Waals surface area contributed by atoms with Gasteiger partial charge in [-0.25, -0.2) is 0 Å². The number of furan rings is 1. The number of amides is 1. The number of alkyl halides is 3. The second kappa shape index (κ2) is 6.09. The fraction of sp³-hybridized carbons (Fsp3) is 0.643. The molecule has 0 spiro atoms. The van der Waals surface area contributed by atoms with Crippen molar-refractivity contribution in [1.29, 1.82) is 0 Å². The van der Waals surface area contributed by atoms with Crippen molar-refractivity contribution in [2.75, 3.05) is 19.6 Å². The van der Waals surface area contributed by atoms with E-state index in [2.05, 4.69) is 5.32 Å². The van der Waals surface area contributed by atoms with Crippen LogP contribution >= 0.6 is 0 Å². The summed E-state index contributed by atoms with van der Waals surface area (Å²) in [7, 11) is 0. The summed E-state index contributed by atoms with van der Waals surface area (Å²) in [5.41, 5.74) is -0.747. The molecule has 0 bridgehead atoms. The number of hydrogen-bond acceptors (Lipinski definition) is 3. The molecule has 4 nitrogen and oxygen atoms in total. The zero-order chi connectivity index (χ0) is 15.5. The van der Waals surface area contributed by atoms with Crippen molar-refractivity contribution in [3.05, 3.63) is 24.2 Å². The number of rotatable bonds is 4. The zero-order valence-corrected chi connectivity index (χ0v) is 11.9. The maximum absolute atomic E-state index is 12.7. The third kappa shape index (κ3) is 4.23. The van der Waals surface area contributed by atoms with Crippen LogP contribution in [0.4, 0.5) is 13.2 Å². The second-order valence-electron chi connectivity index (χ2n) is 5.67. The lowest BCUT2D eigenvalue weighted by atomic mass is 9.79. The van der Waals surface area contributed by atoms with Crippen LogP contribution in [0.15, 0.2) is 22.8 Å². The van der Waals surface area contributed by atoms with Gasteiger partial charge in [0.2, 0.25) is 5.91 Å². The summed E-state index contributed by atoms with van der Waals surface area (Å²) >= 11 is 0. The lowest BCUT2D eigenvalue weighted by molar-refractivity contribution is -0.170. The molecule has 1 aliphatic rings. The first-order chi connectivity index (χ1) is 9.80. The molecule has 21 heavy (non-hydrogen) atoms. The molecular weight excluding hydrogens is 285 g/mol. The van der Waals surface area contributed by atoms with Gasteiger partial charge in [0, 0.05) is 5.41 Å². The molecule has 2 heterocycles. The highest BCUT2D eigenvalue weighted by atomic mass is 19.4. The van der Waals surface area contributed by atoms with E-state index >= 15 is 0 Å². The highest BCUT2D eigenvalue weighted by Crippen LogP contribution is 2.32. The molecule has 0 saturated carbocycles. The van der Waals surface area contributed by atoms with E-state index in [9.17, 15) is 18.0 Å². The molecule has 0 aliphatic carbocycles. The Bertz CT molecular complexity index is 465. The number of carbonyl (C=O) groups is 1. The molecule has 0 aromatic carbocycles. The molecule has 0 unspecified atom stereocenters. The van der Waals surface area contributed by atoms with Crippen molar-refractivity contribution in [2.24, 2.45) is 5.41 Å². The van der Waals surface area contributed by atoms with Gasteiger partial charge in [-0.15, -0.1) is 0 Å². The van der Waals surface area contributed by atoms with Crippen molar-refractivity contribution in [2.45, 2.75) is 32.5 Å². The predicted molar refractivity (Wildman–Crippen MR) is 70.4 cm³/mol. The molecular formula is C14H19F3N2O2. The molecule has 1 saturated heterocycles. The van der Waals surface area contributed by atoms with E-state index in [1.54, 1.807) is 19.1 Å². The molecule has 2 rings (SSSR count). The Morgan fingerprint density at radius 1 is 1.43 bits per heavy atom. The normalized spacial score (nSPS) is 18.5. The zero-order valence-electron chi connectivity index (χ0n) is 11.9.